The summed E-state index contributed by atoms with van der Waals surface area (Å²) in [6, 6.07) is 13.7. The molecule has 0 spiro atoms. The first kappa shape index (κ1) is 15.9. The van der Waals surface area contributed by atoms with Gasteiger partial charge in [-0.05, 0) is 37.6 Å². The zero-order chi connectivity index (χ0) is 16.1. The van der Waals surface area contributed by atoms with Crippen molar-refractivity contribution in [1.29, 1.82) is 0 Å². The molecule has 5 heteroatoms. The van der Waals surface area contributed by atoms with Crippen LogP contribution < -0.4 is 5.43 Å². The van der Waals surface area contributed by atoms with Gasteiger partial charge in [-0.1, -0.05) is 41.9 Å². The lowest BCUT2D eigenvalue weighted by Crippen LogP contribution is -2.19. The van der Waals surface area contributed by atoms with Gasteiger partial charge >= 0.3 is 0 Å². The Morgan fingerprint density at radius 1 is 0.955 bits per heavy atom. The Bertz CT molecular complexity index is 737. The normalized spacial score (nSPS) is 11.1. The third-order valence-corrected chi connectivity index (χ3v) is 3.36. The van der Waals surface area contributed by atoms with Crippen LogP contribution in [0.3, 0.4) is 0 Å². The molecule has 0 aliphatic heterocycles. The third kappa shape index (κ3) is 4.02. The molecule has 22 heavy (non-hydrogen) atoms. The maximum absolute atomic E-state index is 12.0. The molecule has 2 aromatic rings. The molecule has 2 rings (SSSR count). The quantitative estimate of drug-likeness (QED) is 0.531. The number of carbonyl (C=O) groups excluding carboxylic acids is 2. The minimum absolute atomic E-state index is 0.00963. The Morgan fingerprint density at radius 3 is 2.18 bits per heavy atom. The van der Waals surface area contributed by atoms with Crippen LogP contribution in [0.1, 0.15) is 40.1 Å². The number of hydrogen-bond acceptors (Lipinski definition) is 3. The standard InChI is InChI=1S/C17H15ClN2O2/c1-11(13-6-8-14(9-7-13)12(2)21)19-20-17(22)15-4-3-5-16(18)10-15/h3-10H,1-2H3,(H,20,22). The number of halogens is 1. The van der Waals surface area contributed by atoms with E-state index in [1.54, 1.807) is 55.5 Å². The molecule has 1 amide bonds. The highest BCUT2D eigenvalue weighted by Crippen LogP contribution is 2.10. The maximum atomic E-state index is 12.0. The summed E-state index contributed by atoms with van der Waals surface area (Å²) in [6.45, 7) is 3.29. The molecule has 0 aliphatic rings. The van der Waals surface area contributed by atoms with Gasteiger partial charge in [-0.25, -0.2) is 5.43 Å². The zero-order valence-corrected chi connectivity index (χ0v) is 13.0. The van der Waals surface area contributed by atoms with Crippen molar-refractivity contribution >= 4 is 29.0 Å². The van der Waals surface area contributed by atoms with Crippen molar-refractivity contribution in [3.63, 3.8) is 0 Å². The van der Waals surface area contributed by atoms with Gasteiger partial charge in [0.05, 0.1) is 5.71 Å². The number of hydrogen-bond donors (Lipinski definition) is 1. The number of carbonyl (C=O) groups is 2. The fourth-order valence-corrected chi connectivity index (χ4v) is 2.03. The molecule has 0 saturated carbocycles. The molecule has 0 heterocycles. The monoisotopic (exact) mass is 314 g/mol. The lowest BCUT2D eigenvalue weighted by atomic mass is 10.1. The Balaban J connectivity index is 2.09. The number of benzene rings is 2. The van der Waals surface area contributed by atoms with E-state index in [1.165, 1.54) is 6.92 Å². The van der Waals surface area contributed by atoms with Crippen LogP contribution in [-0.2, 0) is 0 Å². The molecular formula is C17H15ClN2O2. The Kier molecular flexibility index (Phi) is 5.07. The minimum atomic E-state index is -0.331. The van der Waals surface area contributed by atoms with Crippen LogP contribution in [0.25, 0.3) is 0 Å². The second kappa shape index (κ2) is 7.00. The number of ketones is 1. The van der Waals surface area contributed by atoms with Crippen molar-refractivity contribution < 1.29 is 9.59 Å². The first-order valence-electron chi connectivity index (χ1n) is 6.69. The van der Waals surface area contributed by atoms with Crippen LogP contribution in [0.4, 0.5) is 0 Å². The van der Waals surface area contributed by atoms with E-state index in [4.69, 9.17) is 11.6 Å². The van der Waals surface area contributed by atoms with Gasteiger partial charge in [-0.2, -0.15) is 5.10 Å². The summed E-state index contributed by atoms with van der Waals surface area (Å²) in [5.74, 6) is -0.322. The second-order valence-electron chi connectivity index (χ2n) is 4.78. The number of nitrogens with zero attached hydrogens (tertiary/aromatic N) is 1. The number of rotatable bonds is 4. The van der Waals surface area contributed by atoms with E-state index in [-0.39, 0.29) is 11.7 Å². The van der Waals surface area contributed by atoms with Gasteiger partial charge in [0, 0.05) is 16.1 Å². The van der Waals surface area contributed by atoms with Gasteiger partial charge in [0.15, 0.2) is 5.78 Å². The Morgan fingerprint density at radius 2 is 1.59 bits per heavy atom. The molecule has 0 radical (unpaired) electrons. The van der Waals surface area contributed by atoms with Gasteiger partial charge in [-0.3, -0.25) is 9.59 Å². The van der Waals surface area contributed by atoms with Gasteiger partial charge in [0.25, 0.3) is 5.91 Å². The molecule has 0 fully saturated rings. The molecular weight excluding hydrogens is 300 g/mol. The van der Waals surface area contributed by atoms with Crippen LogP contribution in [0.5, 0.6) is 0 Å². The van der Waals surface area contributed by atoms with Crippen molar-refractivity contribution in [2.24, 2.45) is 5.10 Å². The van der Waals surface area contributed by atoms with Crippen LogP contribution >= 0.6 is 11.6 Å². The van der Waals surface area contributed by atoms with Crippen LogP contribution in [0.2, 0.25) is 5.02 Å². The summed E-state index contributed by atoms with van der Waals surface area (Å²) in [7, 11) is 0. The Hall–Kier alpha value is -2.46. The van der Waals surface area contributed by atoms with Crippen molar-refractivity contribution in [2.45, 2.75) is 13.8 Å². The van der Waals surface area contributed by atoms with E-state index in [2.05, 4.69) is 10.5 Å². The summed E-state index contributed by atoms with van der Waals surface area (Å²) >= 11 is 5.84. The largest absolute Gasteiger partial charge is 0.295 e. The van der Waals surface area contributed by atoms with Crippen molar-refractivity contribution in [2.75, 3.05) is 0 Å². The zero-order valence-electron chi connectivity index (χ0n) is 12.3. The highest BCUT2D eigenvalue weighted by molar-refractivity contribution is 6.30. The van der Waals surface area contributed by atoms with E-state index in [9.17, 15) is 9.59 Å². The summed E-state index contributed by atoms with van der Waals surface area (Å²) < 4.78 is 0. The number of nitrogens with one attached hydrogen (secondary N) is 1. The molecule has 0 saturated heterocycles. The predicted octanol–water partition coefficient (Wildman–Crippen LogP) is 3.70. The number of Topliss-reactive ketones (excluding diaryl/α,β-unsaturated/α-hetero) is 1. The molecule has 0 bridgehead atoms. The molecule has 1 N–H and O–H groups in total. The highest BCUT2D eigenvalue weighted by atomic mass is 35.5. The number of amides is 1. The molecule has 0 unspecified atom stereocenters. The Labute approximate surface area is 133 Å². The van der Waals surface area contributed by atoms with E-state index in [1.807, 2.05) is 0 Å². The van der Waals surface area contributed by atoms with Gasteiger partial charge in [0.1, 0.15) is 0 Å². The van der Waals surface area contributed by atoms with Gasteiger partial charge < -0.3 is 0 Å². The van der Waals surface area contributed by atoms with Crippen molar-refractivity contribution in [1.82, 2.24) is 5.43 Å². The molecule has 2 aromatic carbocycles. The highest BCUT2D eigenvalue weighted by Gasteiger charge is 2.06. The molecule has 0 aromatic heterocycles. The lowest BCUT2D eigenvalue weighted by Gasteiger charge is -2.04. The average Bonchev–Trinajstić information content (AvgIpc) is 2.52. The fourth-order valence-electron chi connectivity index (χ4n) is 1.84. The second-order valence-corrected chi connectivity index (χ2v) is 5.22. The molecule has 0 atom stereocenters. The minimum Gasteiger partial charge on any atom is -0.295 e. The summed E-state index contributed by atoms with van der Waals surface area (Å²) in [5, 5.41) is 4.56. The van der Waals surface area contributed by atoms with Gasteiger partial charge in [0.2, 0.25) is 0 Å². The maximum Gasteiger partial charge on any atom is 0.271 e. The van der Waals surface area contributed by atoms with E-state index in [0.717, 1.165) is 5.56 Å². The average molecular weight is 315 g/mol. The molecule has 112 valence electrons. The summed E-state index contributed by atoms with van der Waals surface area (Å²) in [4.78, 5) is 23.2. The third-order valence-electron chi connectivity index (χ3n) is 3.12. The number of hydrazone groups is 1. The topological polar surface area (TPSA) is 58.5 Å². The van der Waals surface area contributed by atoms with Crippen LogP contribution in [-0.4, -0.2) is 17.4 Å². The van der Waals surface area contributed by atoms with Crippen LogP contribution in [0, 0.1) is 0 Å². The first-order chi connectivity index (χ1) is 10.5. The fraction of sp³-hybridized carbons (Fsp3) is 0.118. The molecule has 0 aliphatic carbocycles. The van der Waals surface area contributed by atoms with E-state index in [0.29, 0.717) is 21.9 Å². The van der Waals surface area contributed by atoms with Gasteiger partial charge in [-0.15, -0.1) is 0 Å². The van der Waals surface area contributed by atoms with Crippen molar-refractivity contribution in [3.05, 3.63) is 70.2 Å². The smallest absolute Gasteiger partial charge is 0.271 e. The summed E-state index contributed by atoms with van der Waals surface area (Å²) in [5.41, 5.74) is 5.04. The molecule has 4 nitrogen and oxygen atoms in total. The van der Waals surface area contributed by atoms with E-state index >= 15 is 0 Å². The first-order valence-corrected chi connectivity index (χ1v) is 7.07. The summed E-state index contributed by atoms with van der Waals surface area (Å²) in [6.07, 6.45) is 0. The lowest BCUT2D eigenvalue weighted by molar-refractivity contribution is 0.0954. The van der Waals surface area contributed by atoms with Crippen molar-refractivity contribution in [3.8, 4) is 0 Å². The SMILES string of the molecule is CC(=O)c1ccc(C(C)=NNC(=O)c2cccc(Cl)c2)cc1. The predicted molar refractivity (Wildman–Crippen MR) is 87.6 cm³/mol. The van der Waals surface area contributed by atoms with E-state index < -0.39 is 0 Å². The van der Waals surface area contributed by atoms with Crippen LogP contribution in [0.15, 0.2) is 53.6 Å².